The molecule has 1 fully saturated rings. The van der Waals surface area contributed by atoms with Crippen LogP contribution >= 0.6 is 0 Å². The third kappa shape index (κ3) is 5.74. The molecule has 1 atom stereocenters. The molecule has 0 radical (unpaired) electrons. The van der Waals surface area contributed by atoms with E-state index in [0.717, 1.165) is 0 Å². The van der Waals surface area contributed by atoms with Gasteiger partial charge in [-0.15, -0.1) is 0 Å². The number of hydrogen-bond donors (Lipinski definition) is 1. The number of nitrogens with one attached hydrogen (secondary N) is 1. The lowest BCUT2D eigenvalue weighted by Gasteiger charge is -2.37. The SMILES string of the molecule is [N-]=[N+]=NC(c1cc(C(F)(F)F)cc(C(F)(F)F)c1)(c1cc(C(F)(F)F)cc(C(F)(F)F)c1)[C@@H]1CCCN1. The van der Waals surface area contributed by atoms with E-state index < -0.39 is 69.7 Å². The van der Waals surface area contributed by atoms with Crippen molar-refractivity contribution in [1.29, 1.82) is 0 Å². The van der Waals surface area contributed by atoms with Gasteiger partial charge in [0.1, 0.15) is 5.54 Å². The van der Waals surface area contributed by atoms with Crippen molar-refractivity contribution < 1.29 is 52.7 Å². The zero-order valence-corrected chi connectivity index (χ0v) is 18.0. The molecule has 0 aromatic heterocycles. The zero-order chi connectivity index (χ0) is 28.0. The van der Waals surface area contributed by atoms with Crippen molar-refractivity contribution >= 4 is 0 Å². The van der Waals surface area contributed by atoms with Crippen LogP contribution in [0.25, 0.3) is 10.4 Å². The van der Waals surface area contributed by atoms with Crippen LogP contribution in [-0.2, 0) is 30.2 Å². The maximum Gasteiger partial charge on any atom is 0.416 e. The molecule has 37 heavy (non-hydrogen) atoms. The lowest BCUT2D eigenvalue weighted by molar-refractivity contribution is -0.144. The molecule has 16 heteroatoms. The number of halogens is 12. The number of nitrogens with zero attached hydrogens (tertiary/aromatic N) is 3. The summed E-state index contributed by atoms with van der Waals surface area (Å²) in [5, 5.41) is 5.94. The lowest BCUT2D eigenvalue weighted by atomic mass is 9.75. The smallest absolute Gasteiger partial charge is 0.313 e. The van der Waals surface area contributed by atoms with Crippen molar-refractivity contribution in [2.24, 2.45) is 5.11 Å². The van der Waals surface area contributed by atoms with Gasteiger partial charge in [-0.1, -0.05) is 5.11 Å². The summed E-state index contributed by atoms with van der Waals surface area (Å²) in [6.07, 6.45) is -21.6. The molecule has 2 aromatic carbocycles. The molecule has 0 saturated carbocycles. The number of alkyl halides is 12. The van der Waals surface area contributed by atoms with E-state index in [9.17, 15) is 58.2 Å². The quantitative estimate of drug-likeness (QED) is 0.178. The van der Waals surface area contributed by atoms with Crippen LogP contribution in [0.3, 0.4) is 0 Å². The van der Waals surface area contributed by atoms with Gasteiger partial charge in [-0.05, 0) is 72.4 Å². The van der Waals surface area contributed by atoms with Crippen molar-refractivity contribution in [3.63, 3.8) is 0 Å². The summed E-state index contributed by atoms with van der Waals surface area (Å²) in [6, 6.07) is -1.49. The largest absolute Gasteiger partial charge is 0.416 e. The van der Waals surface area contributed by atoms with Crippen molar-refractivity contribution in [2.75, 3.05) is 6.54 Å². The van der Waals surface area contributed by atoms with Crippen molar-refractivity contribution in [2.45, 2.75) is 49.1 Å². The number of benzene rings is 2. The zero-order valence-electron chi connectivity index (χ0n) is 18.0. The third-order valence-corrected chi connectivity index (χ3v) is 5.82. The molecular weight excluding hydrogens is 536 g/mol. The van der Waals surface area contributed by atoms with Crippen LogP contribution in [-0.4, -0.2) is 12.6 Å². The van der Waals surface area contributed by atoms with Gasteiger partial charge in [-0.3, -0.25) is 0 Å². The normalized spacial score (nSPS) is 17.6. The Kier molecular flexibility index (Phi) is 7.16. The Morgan fingerprint density at radius 2 is 0.946 bits per heavy atom. The number of hydrogen-bond acceptors (Lipinski definition) is 2. The van der Waals surface area contributed by atoms with Crippen molar-refractivity contribution in [3.05, 3.63) is 80.2 Å². The van der Waals surface area contributed by atoms with Crippen LogP contribution in [0.1, 0.15) is 46.2 Å². The molecule has 1 aliphatic rings. The van der Waals surface area contributed by atoms with Gasteiger partial charge in [0, 0.05) is 11.0 Å². The van der Waals surface area contributed by atoms with E-state index in [2.05, 4.69) is 15.3 Å². The fraction of sp³-hybridized carbons (Fsp3) is 0.429. The summed E-state index contributed by atoms with van der Waals surface area (Å²) in [6.45, 7) is 0.0452. The first kappa shape index (κ1) is 28.4. The first-order chi connectivity index (χ1) is 16.8. The minimum absolute atomic E-state index is 0.0452. The summed E-state index contributed by atoms with van der Waals surface area (Å²) in [7, 11) is 0. The lowest BCUT2D eigenvalue weighted by Crippen LogP contribution is -2.45. The maximum absolute atomic E-state index is 13.5. The van der Waals surface area contributed by atoms with E-state index in [0.29, 0.717) is 0 Å². The summed E-state index contributed by atoms with van der Waals surface area (Å²) < 4.78 is 163. The van der Waals surface area contributed by atoms with E-state index >= 15 is 0 Å². The van der Waals surface area contributed by atoms with E-state index in [1.807, 2.05) is 0 Å². The highest BCUT2D eigenvalue weighted by atomic mass is 19.4. The fourth-order valence-electron chi connectivity index (χ4n) is 4.22. The van der Waals surface area contributed by atoms with E-state index in [1.165, 1.54) is 0 Å². The average Bonchev–Trinajstić information content (AvgIpc) is 3.29. The third-order valence-electron chi connectivity index (χ3n) is 5.82. The topological polar surface area (TPSA) is 60.8 Å². The van der Waals surface area contributed by atoms with Crippen LogP contribution in [0.4, 0.5) is 52.7 Å². The minimum atomic E-state index is -5.40. The van der Waals surface area contributed by atoms with E-state index in [4.69, 9.17) is 0 Å². The average molecular weight is 550 g/mol. The minimum Gasteiger partial charge on any atom is -0.313 e. The first-order valence-electron chi connectivity index (χ1n) is 10.2. The molecule has 3 rings (SSSR count). The van der Waals surface area contributed by atoms with Gasteiger partial charge >= 0.3 is 24.7 Å². The summed E-state index contributed by atoms with van der Waals surface area (Å²) in [5.41, 5.74) is -3.35. The highest BCUT2D eigenvalue weighted by Crippen LogP contribution is 2.47. The Morgan fingerprint density at radius 3 is 1.19 bits per heavy atom. The molecule has 1 aliphatic heterocycles. The molecule has 0 bridgehead atoms. The molecule has 2 aromatic rings. The second-order valence-corrected chi connectivity index (χ2v) is 8.19. The fourth-order valence-corrected chi connectivity index (χ4v) is 4.22. The van der Waals surface area contributed by atoms with Gasteiger partial charge in [0.15, 0.2) is 0 Å². The van der Waals surface area contributed by atoms with Crippen LogP contribution in [0, 0.1) is 0 Å². The second kappa shape index (κ2) is 9.31. The summed E-state index contributed by atoms with van der Waals surface area (Å²) >= 11 is 0. The molecule has 1 saturated heterocycles. The Balaban J connectivity index is 2.53. The molecule has 0 unspecified atom stereocenters. The van der Waals surface area contributed by atoms with Gasteiger partial charge in [0.2, 0.25) is 0 Å². The highest BCUT2D eigenvalue weighted by molar-refractivity contribution is 5.49. The Labute approximate surface area is 199 Å². The summed E-state index contributed by atoms with van der Waals surface area (Å²) in [4.78, 5) is 2.43. The Bertz CT molecular complexity index is 1060. The predicted octanol–water partition coefficient (Wildman–Crippen LogP) is 8.07. The van der Waals surface area contributed by atoms with Gasteiger partial charge in [0.05, 0.1) is 22.3 Å². The maximum atomic E-state index is 13.5. The highest BCUT2D eigenvalue weighted by Gasteiger charge is 2.48. The van der Waals surface area contributed by atoms with Gasteiger partial charge in [-0.25, -0.2) is 0 Å². The monoisotopic (exact) mass is 550 g/mol. The molecule has 1 heterocycles. The number of azide groups is 1. The van der Waals surface area contributed by atoms with Crippen LogP contribution < -0.4 is 5.32 Å². The first-order valence-corrected chi connectivity index (χ1v) is 10.2. The second-order valence-electron chi connectivity index (χ2n) is 8.19. The molecule has 0 aliphatic carbocycles. The van der Waals surface area contributed by atoms with Gasteiger partial charge in [-0.2, -0.15) is 52.7 Å². The predicted molar refractivity (Wildman–Crippen MR) is 104 cm³/mol. The molecule has 0 amide bonds. The van der Waals surface area contributed by atoms with Gasteiger partial charge < -0.3 is 5.32 Å². The molecule has 4 nitrogen and oxygen atoms in total. The summed E-state index contributed by atoms with van der Waals surface area (Å²) in [5.74, 6) is 0. The number of rotatable bonds is 4. The molecule has 0 spiro atoms. The molecule has 202 valence electrons. The van der Waals surface area contributed by atoms with Crippen LogP contribution in [0.5, 0.6) is 0 Å². The molecular formula is C21H14F12N4. The van der Waals surface area contributed by atoms with Crippen molar-refractivity contribution in [1.82, 2.24) is 5.32 Å². The van der Waals surface area contributed by atoms with E-state index in [1.54, 1.807) is 0 Å². The van der Waals surface area contributed by atoms with Crippen LogP contribution in [0.15, 0.2) is 41.5 Å². The van der Waals surface area contributed by atoms with E-state index in [-0.39, 0.29) is 55.8 Å². The Hall–Kier alpha value is -3.13. The Morgan fingerprint density at radius 1 is 0.622 bits per heavy atom. The van der Waals surface area contributed by atoms with Gasteiger partial charge in [0.25, 0.3) is 0 Å². The van der Waals surface area contributed by atoms with Crippen LogP contribution in [0.2, 0.25) is 0 Å². The van der Waals surface area contributed by atoms with Crippen molar-refractivity contribution in [3.8, 4) is 0 Å². The molecule has 1 N–H and O–H groups in total. The standard InChI is InChI=1S/C21H14F12N4/c22-18(23,24)12-4-10(5-13(8-12)19(25,26)27)17(36-37-34,16-2-1-3-35-16)11-6-14(20(28,29)30)9-15(7-11)21(31,32)33/h4-9,16,35H,1-3H2/t16-/m0/s1.